The second-order valence-corrected chi connectivity index (χ2v) is 3.00. The highest BCUT2D eigenvalue weighted by Crippen LogP contribution is 2.17. The highest BCUT2D eigenvalue weighted by atomic mass is 16.5. The third kappa shape index (κ3) is 2.11. The van der Waals surface area contributed by atoms with E-state index in [-0.39, 0.29) is 17.3 Å². The molecule has 0 aliphatic heterocycles. The van der Waals surface area contributed by atoms with Crippen LogP contribution in [0.2, 0.25) is 0 Å². The molecule has 1 aromatic heterocycles. The molecule has 6 nitrogen and oxygen atoms in total. The first kappa shape index (κ1) is 10.0. The summed E-state index contributed by atoms with van der Waals surface area (Å²) in [6, 6.07) is 6.98. The molecule has 16 heavy (non-hydrogen) atoms. The number of benzene rings is 1. The van der Waals surface area contributed by atoms with Crippen molar-refractivity contribution in [3.8, 4) is 11.5 Å². The maximum atomic E-state index is 11.4. The van der Waals surface area contributed by atoms with Gasteiger partial charge in [-0.2, -0.15) is 0 Å². The molecule has 0 saturated carbocycles. The van der Waals surface area contributed by atoms with E-state index < -0.39 is 5.97 Å². The number of esters is 1. The molecule has 1 aromatic carbocycles. The molecule has 0 spiro atoms. The van der Waals surface area contributed by atoms with Crippen molar-refractivity contribution in [2.45, 2.75) is 0 Å². The Labute approximate surface area is 90.2 Å². The van der Waals surface area contributed by atoms with E-state index in [9.17, 15) is 4.79 Å². The molecule has 1 heterocycles. The molecule has 0 saturated heterocycles. The molecule has 0 aliphatic carbocycles. The number of carbonyl (C=O) groups is 1. The molecule has 2 rings (SSSR count). The minimum atomic E-state index is -0.675. The van der Waals surface area contributed by atoms with Crippen molar-refractivity contribution in [3.05, 3.63) is 36.0 Å². The lowest BCUT2D eigenvalue weighted by atomic mass is 10.3. The second-order valence-electron chi connectivity index (χ2n) is 3.00. The molecule has 82 valence electrons. The zero-order chi connectivity index (χ0) is 11.5. The lowest BCUT2D eigenvalue weighted by Crippen LogP contribution is -2.08. The average Bonchev–Trinajstić information content (AvgIpc) is 2.68. The molecule has 0 bridgehead atoms. The molecular weight excluding hydrogens is 212 g/mol. The van der Waals surface area contributed by atoms with Gasteiger partial charge in [-0.1, -0.05) is 5.16 Å². The van der Waals surface area contributed by atoms with E-state index in [1.54, 1.807) is 0 Å². The van der Waals surface area contributed by atoms with Crippen molar-refractivity contribution in [2.24, 2.45) is 0 Å². The van der Waals surface area contributed by atoms with Gasteiger partial charge in [0.25, 0.3) is 0 Å². The number of carbonyl (C=O) groups excluding carboxylic acids is 1. The summed E-state index contributed by atoms with van der Waals surface area (Å²) in [5.74, 6) is -0.251. The summed E-state index contributed by atoms with van der Waals surface area (Å²) in [6.07, 6.45) is 0. The van der Waals surface area contributed by atoms with Crippen LogP contribution in [0.4, 0.5) is 5.88 Å². The van der Waals surface area contributed by atoms with Gasteiger partial charge in [0.2, 0.25) is 5.88 Å². The summed E-state index contributed by atoms with van der Waals surface area (Å²) in [5, 5.41) is 12.4. The van der Waals surface area contributed by atoms with Crippen molar-refractivity contribution in [1.82, 2.24) is 5.16 Å². The second kappa shape index (κ2) is 3.93. The standard InChI is InChI=1S/C10H8N2O4/c11-9-5-8(12-16-9)10(14)15-7-3-1-6(13)2-4-7/h1-5,13H,11H2. The number of ether oxygens (including phenoxy) is 1. The number of aromatic nitrogens is 1. The first-order chi connectivity index (χ1) is 7.65. The number of rotatable bonds is 2. The van der Waals surface area contributed by atoms with E-state index in [0.29, 0.717) is 5.75 Å². The zero-order valence-corrected chi connectivity index (χ0v) is 8.08. The van der Waals surface area contributed by atoms with Crippen molar-refractivity contribution in [3.63, 3.8) is 0 Å². The number of anilines is 1. The van der Waals surface area contributed by atoms with Crippen molar-refractivity contribution in [1.29, 1.82) is 0 Å². The van der Waals surface area contributed by atoms with Crippen LogP contribution < -0.4 is 10.5 Å². The van der Waals surface area contributed by atoms with Crippen LogP contribution in [0.3, 0.4) is 0 Å². The van der Waals surface area contributed by atoms with Crippen molar-refractivity contribution < 1.29 is 19.2 Å². The Kier molecular flexibility index (Phi) is 2.47. The Morgan fingerprint density at radius 3 is 2.62 bits per heavy atom. The molecule has 3 N–H and O–H groups in total. The number of phenols is 1. The van der Waals surface area contributed by atoms with Crippen LogP contribution in [0.25, 0.3) is 0 Å². The predicted octanol–water partition coefficient (Wildman–Crippen LogP) is 1.18. The van der Waals surface area contributed by atoms with Crippen LogP contribution >= 0.6 is 0 Å². The van der Waals surface area contributed by atoms with Crippen molar-refractivity contribution >= 4 is 11.9 Å². The van der Waals surface area contributed by atoms with E-state index in [1.807, 2.05) is 0 Å². The first-order valence-electron chi connectivity index (χ1n) is 4.38. The highest BCUT2D eigenvalue weighted by molar-refractivity contribution is 5.89. The number of nitrogen functional groups attached to an aromatic ring is 1. The van der Waals surface area contributed by atoms with Crippen LogP contribution in [-0.2, 0) is 0 Å². The zero-order valence-electron chi connectivity index (χ0n) is 8.08. The third-order valence-corrected chi connectivity index (χ3v) is 1.78. The minimum Gasteiger partial charge on any atom is -0.508 e. The Bertz CT molecular complexity index is 504. The van der Waals surface area contributed by atoms with Gasteiger partial charge in [0.1, 0.15) is 11.5 Å². The molecule has 0 aliphatic rings. The van der Waals surface area contributed by atoms with Crippen LogP contribution in [0, 0.1) is 0 Å². The summed E-state index contributed by atoms with van der Waals surface area (Å²) in [7, 11) is 0. The minimum absolute atomic E-state index is 0.00873. The van der Waals surface area contributed by atoms with Gasteiger partial charge >= 0.3 is 5.97 Å². The van der Waals surface area contributed by atoms with Crippen molar-refractivity contribution in [2.75, 3.05) is 5.73 Å². The molecule has 0 fully saturated rings. The normalized spacial score (nSPS) is 10.0. The lowest BCUT2D eigenvalue weighted by Gasteiger charge is -2.00. The first-order valence-corrected chi connectivity index (χ1v) is 4.38. The summed E-state index contributed by atoms with van der Waals surface area (Å²) in [4.78, 5) is 11.4. The van der Waals surface area contributed by atoms with E-state index in [4.69, 9.17) is 15.6 Å². The maximum Gasteiger partial charge on any atom is 0.366 e. The van der Waals surface area contributed by atoms with Gasteiger partial charge in [0.15, 0.2) is 5.69 Å². The number of phenolic OH excluding ortho intramolecular Hbond substituents is 1. The predicted molar refractivity (Wildman–Crippen MR) is 54.0 cm³/mol. The van der Waals surface area contributed by atoms with Gasteiger partial charge in [-0.3, -0.25) is 0 Å². The topological polar surface area (TPSA) is 98.6 Å². The molecule has 0 atom stereocenters. The lowest BCUT2D eigenvalue weighted by molar-refractivity contribution is 0.0724. The summed E-state index contributed by atoms with van der Waals surface area (Å²) < 4.78 is 9.47. The molecule has 2 aromatic rings. The number of hydrogen-bond acceptors (Lipinski definition) is 6. The fourth-order valence-corrected chi connectivity index (χ4v) is 1.06. The molecular formula is C10H8N2O4. The number of aromatic hydroxyl groups is 1. The van der Waals surface area contributed by atoms with Gasteiger partial charge in [-0.25, -0.2) is 4.79 Å². The molecule has 0 amide bonds. The highest BCUT2D eigenvalue weighted by Gasteiger charge is 2.13. The Hall–Kier alpha value is -2.50. The maximum absolute atomic E-state index is 11.4. The molecule has 0 unspecified atom stereocenters. The van der Waals surface area contributed by atoms with Gasteiger partial charge in [-0.15, -0.1) is 0 Å². The fourth-order valence-electron chi connectivity index (χ4n) is 1.06. The number of nitrogens with two attached hydrogens (primary N) is 1. The number of nitrogens with zero attached hydrogens (tertiary/aromatic N) is 1. The fraction of sp³-hybridized carbons (Fsp3) is 0. The monoisotopic (exact) mass is 220 g/mol. The Morgan fingerprint density at radius 2 is 2.06 bits per heavy atom. The molecule has 0 radical (unpaired) electrons. The van der Waals surface area contributed by atoms with Crippen LogP contribution in [0.5, 0.6) is 11.5 Å². The third-order valence-electron chi connectivity index (χ3n) is 1.78. The largest absolute Gasteiger partial charge is 0.508 e. The van der Waals surface area contributed by atoms with Gasteiger partial charge < -0.3 is 20.1 Å². The summed E-state index contributed by atoms with van der Waals surface area (Å²) in [6.45, 7) is 0. The molecule has 6 heteroatoms. The number of hydrogen-bond donors (Lipinski definition) is 2. The van der Waals surface area contributed by atoms with E-state index in [2.05, 4.69) is 9.68 Å². The van der Waals surface area contributed by atoms with Gasteiger partial charge in [0.05, 0.1) is 0 Å². The summed E-state index contributed by atoms with van der Waals surface area (Å²) >= 11 is 0. The van der Waals surface area contributed by atoms with Gasteiger partial charge in [0, 0.05) is 6.07 Å². The van der Waals surface area contributed by atoms with Crippen LogP contribution in [-0.4, -0.2) is 16.2 Å². The van der Waals surface area contributed by atoms with Crippen LogP contribution in [0.1, 0.15) is 10.5 Å². The SMILES string of the molecule is Nc1cc(C(=O)Oc2ccc(O)cc2)no1. The Balaban J connectivity index is 2.10. The summed E-state index contributed by atoms with van der Waals surface area (Å²) in [5.41, 5.74) is 5.25. The quantitative estimate of drug-likeness (QED) is 0.582. The van der Waals surface area contributed by atoms with E-state index in [1.165, 1.54) is 30.3 Å². The van der Waals surface area contributed by atoms with E-state index in [0.717, 1.165) is 0 Å². The average molecular weight is 220 g/mol. The van der Waals surface area contributed by atoms with Crippen LogP contribution in [0.15, 0.2) is 34.9 Å². The smallest absolute Gasteiger partial charge is 0.366 e. The Morgan fingerprint density at radius 1 is 1.38 bits per heavy atom. The van der Waals surface area contributed by atoms with Gasteiger partial charge in [-0.05, 0) is 24.3 Å². The van der Waals surface area contributed by atoms with E-state index >= 15 is 0 Å².